The average Bonchev–Trinajstić information content (AvgIpc) is 3.40. The molecule has 4 aliphatic carbocycles. The monoisotopic (exact) mass is 748 g/mol. The maximum absolute atomic E-state index is 12.8. The number of thioether (sulfide) groups is 1. The zero-order chi connectivity index (χ0) is 37.2. The summed E-state index contributed by atoms with van der Waals surface area (Å²) in [6, 6.07) is 0. The maximum atomic E-state index is 12.8. The SMILES string of the molecule is C[C@H](CCC(=O)SCCNC(=O)CCNC(=O)[C@H](O)C(C)(C)COP(=O)(O)O)[C@H]1CC[C@H]2[C@@H]3[C@H](O)C[C@@H]4C[C@H](O)CC[C@]4(C)[C@H]3C[C@H](O)[C@]12C. The summed E-state index contributed by atoms with van der Waals surface area (Å²) in [4.78, 5) is 55.0. The summed E-state index contributed by atoms with van der Waals surface area (Å²) in [5, 5.41) is 49.1. The Bertz CT molecular complexity index is 1270. The third-order valence-electron chi connectivity index (χ3n) is 13.3. The molecule has 0 aromatic rings. The highest BCUT2D eigenvalue weighted by atomic mass is 32.2. The molecule has 4 saturated carbocycles. The molecule has 0 bridgehead atoms. The molecule has 0 spiro atoms. The maximum Gasteiger partial charge on any atom is 0.469 e. The Kier molecular flexibility index (Phi) is 13.8. The van der Waals surface area contributed by atoms with Crippen molar-refractivity contribution in [3.63, 3.8) is 0 Å². The summed E-state index contributed by atoms with van der Waals surface area (Å²) in [7, 11) is -4.76. The van der Waals surface area contributed by atoms with E-state index in [1.54, 1.807) is 0 Å². The summed E-state index contributed by atoms with van der Waals surface area (Å²) in [6.45, 7) is 9.23. The Balaban J connectivity index is 1.16. The van der Waals surface area contributed by atoms with Crippen LogP contribution in [0.2, 0.25) is 0 Å². The largest absolute Gasteiger partial charge is 0.469 e. The normalized spacial score (nSPS) is 36.8. The van der Waals surface area contributed by atoms with Crippen LogP contribution in [-0.4, -0.2) is 97.0 Å². The van der Waals surface area contributed by atoms with Crippen LogP contribution in [0.5, 0.6) is 0 Å². The lowest BCUT2D eigenvalue weighted by molar-refractivity contribution is -0.207. The van der Waals surface area contributed by atoms with Crippen molar-refractivity contribution in [1.29, 1.82) is 0 Å². The first kappa shape index (κ1) is 41.7. The van der Waals surface area contributed by atoms with E-state index >= 15 is 0 Å². The first-order valence-electron chi connectivity index (χ1n) is 18.3. The van der Waals surface area contributed by atoms with Gasteiger partial charge in [-0.1, -0.05) is 46.4 Å². The molecule has 0 heterocycles. The molecule has 2 amide bonds. The van der Waals surface area contributed by atoms with Crippen LogP contribution < -0.4 is 10.6 Å². The van der Waals surface area contributed by atoms with Gasteiger partial charge in [-0.05, 0) is 97.7 Å². The van der Waals surface area contributed by atoms with E-state index < -0.39 is 44.1 Å². The summed E-state index contributed by atoms with van der Waals surface area (Å²) >= 11 is 1.17. The van der Waals surface area contributed by atoms with Gasteiger partial charge in [0, 0.05) is 37.1 Å². The van der Waals surface area contributed by atoms with E-state index in [1.165, 1.54) is 25.6 Å². The lowest BCUT2D eigenvalue weighted by Crippen LogP contribution is -2.62. The van der Waals surface area contributed by atoms with Crippen LogP contribution in [0.3, 0.4) is 0 Å². The highest BCUT2D eigenvalue weighted by Gasteiger charge is 2.65. The van der Waals surface area contributed by atoms with E-state index in [0.717, 1.165) is 38.5 Å². The minimum absolute atomic E-state index is 0.0325. The van der Waals surface area contributed by atoms with E-state index in [-0.39, 0.29) is 83.0 Å². The Morgan fingerprint density at radius 1 is 0.980 bits per heavy atom. The number of rotatable bonds is 15. The molecule has 0 saturated heterocycles. The molecule has 8 N–H and O–H groups in total. The van der Waals surface area contributed by atoms with E-state index in [1.807, 2.05) is 0 Å². The number of hydrogen-bond acceptors (Lipinski definition) is 10. The highest BCUT2D eigenvalue weighted by molar-refractivity contribution is 8.13. The van der Waals surface area contributed by atoms with Gasteiger partial charge in [0.25, 0.3) is 0 Å². The van der Waals surface area contributed by atoms with Crippen LogP contribution in [0.1, 0.15) is 98.8 Å². The van der Waals surface area contributed by atoms with Gasteiger partial charge in [-0.25, -0.2) is 4.57 Å². The molecule has 50 heavy (non-hydrogen) atoms. The third kappa shape index (κ3) is 9.34. The first-order valence-corrected chi connectivity index (χ1v) is 20.8. The molecule has 4 fully saturated rings. The second-order valence-corrected chi connectivity index (χ2v) is 19.2. The molecular weight excluding hydrogens is 687 g/mol. The summed E-state index contributed by atoms with van der Waals surface area (Å²) in [6.07, 6.45) is 4.10. The molecule has 0 aliphatic heterocycles. The smallest absolute Gasteiger partial charge is 0.393 e. The minimum atomic E-state index is -4.76. The fourth-order valence-corrected chi connectivity index (χ4v) is 11.5. The van der Waals surface area contributed by atoms with Gasteiger partial charge in [-0.15, -0.1) is 0 Å². The fraction of sp³-hybridized carbons (Fsp3) is 0.914. The van der Waals surface area contributed by atoms with Crippen LogP contribution in [0.4, 0.5) is 0 Å². The second kappa shape index (κ2) is 16.5. The average molecular weight is 749 g/mol. The van der Waals surface area contributed by atoms with Crippen LogP contribution in [0.25, 0.3) is 0 Å². The number of carbonyl (C=O) groups excluding carboxylic acids is 3. The Morgan fingerprint density at radius 2 is 1.68 bits per heavy atom. The van der Waals surface area contributed by atoms with Crippen LogP contribution in [0, 0.1) is 51.8 Å². The predicted molar refractivity (Wildman–Crippen MR) is 188 cm³/mol. The Hall–Kier alpha value is -1.09. The van der Waals surface area contributed by atoms with E-state index in [2.05, 4.69) is 35.9 Å². The van der Waals surface area contributed by atoms with Crippen LogP contribution in [0.15, 0.2) is 0 Å². The number of aliphatic hydroxyl groups excluding tert-OH is 4. The summed E-state index contributed by atoms with van der Waals surface area (Å²) < 4.78 is 15.3. The summed E-state index contributed by atoms with van der Waals surface area (Å²) in [5.74, 6) is 0.677. The number of aliphatic hydroxyl groups is 4. The van der Waals surface area contributed by atoms with Crippen molar-refractivity contribution in [3.8, 4) is 0 Å². The number of fused-ring (bicyclic) bond motifs is 5. The molecule has 0 radical (unpaired) electrons. The molecule has 4 aliphatic rings. The quantitative estimate of drug-likeness (QED) is 0.0895. The molecule has 0 unspecified atom stereocenters. The molecule has 0 aromatic heterocycles. The lowest BCUT2D eigenvalue weighted by Gasteiger charge is -2.63. The van der Waals surface area contributed by atoms with E-state index in [0.29, 0.717) is 25.0 Å². The topological polar surface area (TPSA) is 223 Å². The zero-order valence-electron chi connectivity index (χ0n) is 30.3. The van der Waals surface area contributed by atoms with Crippen LogP contribution >= 0.6 is 19.6 Å². The van der Waals surface area contributed by atoms with Crippen molar-refractivity contribution >= 4 is 36.5 Å². The second-order valence-electron chi connectivity index (χ2n) is 16.8. The predicted octanol–water partition coefficient (Wildman–Crippen LogP) is 2.74. The molecule has 12 atom stereocenters. The number of phosphoric ester groups is 1. The van der Waals surface area contributed by atoms with Gasteiger partial charge >= 0.3 is 7.82 Å². The zero-order valence-corrected chi connectivity index (χ0v) is 32.0. The first-order chi connectivity index (χ1) is 23.2. The van der Waals surface area contributed by atoms with Crippen molar-refractivity contribution in [3.05, 3.63) is 0 Å². The van der Waals surface area contributed by atoms with Gasteiger partial charge < -0.3 is 40.8 Å². The van der Waals surface area contributed by atoms with Crippen molar-refractivity contribution in [2.45, 2.75) is 123 Å². The van der Waals surface area contributed by atoms with E-state index in [9.17, 15) is 39.4 Å². The van der Waals surface area contributed by atoms with Gasteiger partial charge in [0.1, 0.15) is 6.10 Å². The fourth-order valence-electron chi connectivity index (χ4n) is 10.3. The third-order valence-corrected chi connectivity index (χ3v) is 14.7. The van der Waals surface area contributed by atoms with Crippen LogP contribution in [-0.2, 0) is 23.5 Å². The highest BCUT2D eigenvalue weighted by Crippen LogP contribution is 2.68. The molecular formula is C35H61N2O11PS. The van der Waals surface area contributed by atoms with Gasteiger partial charge in [-0.3, -0.25) is 18.9 Å². The Morgan fingerprint density at radius 3 is 2.36 bits per heavy atom. The lowest BCUT2D eigenvalue weighted by atomic mass is 9.43. The van der Waals surface area contributed by atoms with Gasteiger partial charge in [-0.2, -0.15) is 0 Å². The van der Waals surface area contributed by atoms with Gasteiger partial charge in [0.05, 0.1) is 24.9 Å². The minimum Gasteiger partial charge on any atom is -0.393 e. The number of phosphoric acid groups is 1. The standard InChI is InChI=1S/C35H61N2O11PS/c1-20(6-9-29(42)50-15-14-36-28(41)11-13-37-32(44)31(43)33(2,3)19-48-49(45,46)47)23-7-8-24-30-25(18-27(40)35(23,24)5)34(4)12-10-22(38)16-21(34)17-26(30)39/h20-27,30-31,38-40,43H,6-19H2,1-5H3,(H,36,41)(H,37,44)(H2,45,46,47)/t20-,21+,22-,23-,24+,25+,26-,27+,30+,31+,34+,35-/m1/s1. The van der Waals surface area contributed by atoms with Crippen molar-refractivity contribution < 1.29 is 53.7 Å². The molecule has 13 nitrogen and oxygen atoms in total. The van der Waals surface area contributed by atoms with Gasteiger partial charge in [0.2, 0.25) is 11.8 Å². The Labute approximate surface area is 300 Å². The summed E-state index contributed by atoms with van der Waals surface area (Å²) in [5.41, 5.74) is -1.56. The number of carbonyl (C=O) groups is 3. The number of amides is 2. The molecule has 288 valence electrons. The number of hydrogen-bond donors (Lipinski definition) is 8. The van der Waals surface area contributed by atoms with Crippen molar-refractivity contribution in [1.82, 2.24) is 10.6 Å². The molecule has 0 aromatic carbocycles. The molecule has 4 rings (SSSR count). The molecule has 15 heteroatoms. The number of nitrogens with one attached hydrogen (secondary N) is 2. The van der Waals surface area contributed by atoms with E-state index in [4.69, 9.17) is 9.79 Å². The van der Waals surface area contributed by atoms with Gasteiger partial charge in [0.15, 0.2) is 5.12 Å². The van der Waals surface area contributed by atoms with Crippen molar-refractivity contribution in [2.24, 2.45) is 51.8 Å². The van der Waals surface area contributed by atoms with Crippen molar-refractivity contribution in [2.75, 3.05) is 25.4 Å².